The topological polar surface area (TPSA) is 58.1 Å². The zero-order valence-corrected chi connectivity index (χ0v) is 20.5. The van der Waals surface area contributed by atoms with E-state index in [1.54, 1.807) is 12.1 Å². The molecule has 0 atom stereocenters. The molecule has 1 heterocycles. The first-order chi connectivity index (χ1) is 15.1. The average Bonchev–Trinajstić information content (AvgIpc) is 3.31. The normalized spacial score (nSPS) is 13.2. The summed E-state index contributed by atoms with van der Waals surface area (Å²) >= 11 is 0. The molecule has 1 aliphatic heterocycles. The van der Waals surface area contributed by atoms with Crippen molar-refractivity contribution in [2.75, 3.05) is 31.6 Å². The van der Waals surface area contributed by atoms with E-state index in [2.05, 4.69) is 49.5 Å². The molecule has 9 heteroatoms. The number of nitrogens with one attached hydrogen (secondary N) is 2. The van der Waals surface area contributed by atoms with Crippen molar-refractivity contribution in [3.63, 3.8) is 0 Å². The fraction of sp³-hybridized carbons (Fsp3) is 0.348. The summed E-state index contributed by atoms with van der Waals surface area (Å²) in [4.78, 5) is 6.92. The smallest absolute Gasteiger partial charge is 0.387 e. The summed E-state index contributed by atoms with van der Waals surface area (Å²) in [5.41, 5.74) is 2.80. The maximum absolute atomic E-state index is 12.7. The highest BCUT2D eigenvalue weighted by Gasteiger charge is 2.12. The lowest BCUT2D eigenvalue weighted by Crippen LogP contribution is -2.36. The molecule has 0 amide bonds. The maximum Gasteiger partial charge on any atom is 0.387 e. The van der Waals surface area contributed by atoms with Crippen molar-refractivity contribution >= 4 is 35.6 Å². The van der Waals surface area contributed by atoms with Gasteiger partial charge in [-0.25, -0.2) is 4.99 Å². The monoisotopic (exact) mass is 558 g/mol. The van der Waals surface area contributed by atoms with Crippen LogP contribution in [0.5, 0.6) is 11.5 Å². The van der Waals surface area contributed by atoms with Crippen LogP contribution >= 0.6 is 24.0 Å². The lowest BCUT2D eigenvalue weighted by atomic mass is 10.2. The quantitative estimate of drug-likeness (QED) is 0.205. The van der Waals surface area contributed by atoms with Crippen LogP contribution in [0.4, 0.5) is 14.5 Å². The number of anilines is 1. The number of nitrogens with zero attached hydrogens (tertiary/aromatic N) is 2. The molecule has 0 unspecified atom stereocenters. The summed E-state index contributed by atoms with van der Waals surface area (Å²) in [6, 6.07) is 13.0. The highest BCUT2D eigenvalue weighted by Crippen LogP contribution is 2.25. The van der Waals surface area contributed by atoms with Gasteiger partial charge in [0.15, 0.2) is 5.96 Å². The van der Waals surface area contributed by atoms with E-state index in [9.17, 15) is 8.78 Å². The Kier molecular flexibility index (Phi) is 10.5. The van der Waals surface area contributed by atoms with Gasteiger partial charge in [0, 0.05) is 37.4 Å². The van der Waals surface area contributed by atoms with Gasteiger partial charge in [-0.2, -0.15) is 8.78 Å². The Morgan fingerprint density at radius 1 is 1.12 bits per heavy atom. The molecule has 0 radical (unpaired) electrons. The van der Waals surface area contributed by atoms with Crippen molar-refractivity contribution in [3.05, 3.63) is 65.7 Å². The molecule has 0 bridgehead atoms. The summed E-state index contributed by atoms with van der Waals surface area (Å²) in [6.07, 6.45) is 4.31. The highest BCUT2D eigenvalue weighted by atomic mass is 127. The second-order valence-corrected chi connectivity index (χ2v) is 6.95. The second kappa shape index (κ2) is 13.1. The zero-order chi connectivity index (χ0) is 22.1. The molecular formula is C23H29F2IN4O2. The van der Waals surface area contributed by atoms with Gasteiger partial charge in [-0.05, 0) is 42.8 Å². The Morgan fingerprint density at radius 3 is 2.59 bits per heavy atom. The molecule has 0 aromatic heterocycles. The number of benzene rings is 2. The van der Waals surface area contributed by atoms with Crippen LogP contribution < -0.4 is 25.0 Å². The number of guanidine groups is 1. The number of alkyl halides is 2. The Labute approximate surface area is 204 Å². The molecule has 0 saturated heterocycles. The van der Waals surface area contributed by atoms with E-state index >= 15 is 0 Å². The zero-order valence-electron chi connectivity index (χ0n) is 18.2. The molecule has 2 N–H and O–H groups in total. The van der Waals surface area contributed by atoms with E-state index in [4.69, 9.17) is 4.74 Å². The first-order valence-corrected chi connectivity index (χ1v) is 10.2. The molecule has 0 aliphatic carbocycles. The first kappa shape index (κ1) is 25.7. The van der Waals surface area contributed by atoms with E-state index < -0.39 is 6.61 Å². The van der Waals surface area contributed by atoms with Crippen LogP contribution in [0.1, 0.15) is 18.1 Å². The fourth-order valence-electron chi connectivity index (χ4n) is 3.26. The van der Waals surface area contributed by atoms with E-state index in [1.807, 2.05) is 19.1 Å². The average molecular weight is 558 g/mol. The van der Waals surface area contributed by atoms with Gasteiger partial charge in [-0.1, -0.05) is 24.3 Å². The predicted octanol–water partition coefficient (Wildman–Crippen LogP) is 4.55. The molecule has 0 spiro atoms. The van der Waals surface area contributed by atoms with Gasteiger partial charge in [-0.15, -0.1) is 24.0 Å². The Hall–Kier alpha value is -2.56. The van der Waals surface area contributed by atoms with Crippen molar-refractivity contribution in [2.24, 2.45) is 4.99 Å². The standard InChI is InChI=1S/C23H28F2N4O2.HI/c1-3-26-23(27-15-17-7-6-8-19(13-17)29-11-4-5-12-29)28-16-18-14-20(30-2)9-10-21(18)31-22(24)25;/h4-10,13-14,22H,3,11-12,15-16H2,1-2H3,(H2,26,27,28);1H. The number of hydrogen-bond donors (Lipinski definition) is 2. The number of methoxy groups -OCH3 is 1. The van der Waals surface area contributed by atoms with Crippen LogP contribution in [0, 0.1) is 0 Å². The number of halogens is 3. The van der Waals surface area contributed by atoms with Gasteiger partial charge in [-0.3, -0.25) is 0 Å². The molecule has 32 heavy (non-hydrogen) atoms. The lowest BCUT2D eigenvalue weighted by Gasteiger charge is -2.18. The molecule has 3 rings (SSSR count). The highest BCUT2D eigenvalue weighted by molar-refractivity contribution is 14.0. The van der Waals surface area contributed by atoms with Crippen molar-refractivity contribution < 1.29 is 18.3 Å². The number of aliphatic imine (C=N–C) groups is 1. The van der Waals surface area contributed by atoms with Crippen molar-refractivity contribution in [1.82, 2.24) is 10.6 Å². The van der Waals surface area contributed by atoms with Gasteiger partial charge in [0.1, 0.15) is 11.5 Å². The second-order valence-electron chi connectivity index (χ2n) is 6.95. The molecule has 2 aromatic carbocycles. The molecule has 0 fully saturated rings. The van der Waals surface area contributed by atoms with Crippen LogP contribution in [0.3, 0.4) is 0 Å². The number of hydrogen-bond acceptors (Lipinski definition) is 4. The van der Waals surface area contributed by atoms with E-state index in [-0.39, 0.29) is 36.3 Å². The molecule has 0 saturated carbocycles. The van der Waals surface area contributed by atoms with Gasteiger partial charge in [0.25, 0.3) is 0 Å². The minimum absolute atomic E-state index is 0. The molecule has 2 aromatic rings. The SMILES string of the molecule is CCNC(=NCc1cccc(N2CC=CC2)c1)NCc1cc(OC)ccc1OC(F)F.I. The van der Waals surface area contributed by atoms with E-state index in [0.29, 0.717) is 30.4 Å². The van der Waals surface area contributed by atoms with Gasteiger partial charge < -0.3 is 25.0 Å². The minimum Gasteiger partial charge on any atom is -0.497 e. The van der Waals surface area contributed by atoms with Crippen molar-refractivity contribution in [3.8, 4) is 11.5 Å². The maximum atomic E-state index is 12.7. The van der Waals surface area contributed by atoms with Crippen molar-refractivity contribution in [2.45, 2.75) is 26.6 Å². The van der Waals surface area contributed by atoms with Gasteiger partial charge in [0.05, 0.1) is 13.7 Å². The number of rotatable bonds is 9. The summed E-state index contributed by atoms with van der Waals surface area (Å²) in [5.74, 6) is 1.25. The van der Waals surface area contributed by atoms with Gasteiger partial charge in [0.2, 0.25) is 0 Å². The third-order valence-corrected chi connectivity index (χ3v) is 4.79. The van der Waals surface area contributed by atoms with E-state index in [1.165, 1.54) is 18.9 Å². The van der Waals surface area contributed by atoms with Crippen LogP contribution in [-0.2, 0) is 13.1 Å². The van der Waals surface area contributed by atoms with Crippen LogP contribution in [0.15, 0.2) is 59.6 Å². The van der Waals surface area contributed by atoms with Crippen LogP contribution in [0.2, 0.25) is 0 Å². The summed E-state index contributed by atoms with van der Waals surface area (Å²) in [6.45, 7) is 2.32. The minimum atomic E-state index is -2.90. The Bertz CT molecular complexity index is 917. The largest absolute Gasteiger partial charge is 0.497 e. The van der Waals surface area contributed by atoms with Crippen molar-refractivity contribution in [1.29, 1.82) is 0 Å². The van der Waals surface area contributed by atoms with E-state index in [0.717, 1.165) is 18.7 Å². The third-order valence-electron chi connectivity index (χ3n) is 4.79. The Morgan fingerprint density at radius 2 is 1.91 bits per heavy atom. The summed E-state index contributed by atoms with van der Waals surface area (Å²) < 4.78 is 35.3. The number of ether oxygens (including phenoxy) is 2. The molecule has 6 nitrogen and oxygen atoms in total. The Balaban J connectivity index is 0.00000363. The summed E-state index contributed by atoms with van der Waals surface area (Å²) in [5, 5.41) is 6.36. The summed E-state index contributed by atoms with van der Waals surface area (Å²) in [7, 11) is 1.53. The predicted molar refractivity (Wildman–Crippen MR) is 134 cm³/mol. The molecule has 174 valence electrons. The molecular weight excluding hydrogens is 529 g/mol. The fourth-order valence-corrected chi connectivity index (χ4v) is 3.26. The lowest BCUT2D eigenvalue weighted by molar-refractivity contribution is -0.0504. The first-order valence-electron chi connectivity index (χ1n) is 10.2. The molecule has 1 aliphatic rings. The third kappa shape index (κ3) is 7.54. The van der Waals surface area contributed by atoms with Gasteiger partial charge >= 0.3 is 6.61 Å². The van der Waals surface area contributed by atoms with Crippen LogP contribution in [-0.4, -0.2) is 39.3 Å². The van der Waals surface area contributed by atoms with Crippen LogP contribution in [0.25, 0.3) is 0 Å².